The second kappa shape index (κ2) is 8.27. The number of hydrogen-bond donors (Lipinski definition) is 2. The van der Waals surface area contributed by atoms with Gasteiger partial charge in [0.2, 0.25) is 5.91 Å². The highest BCUT2D eigenvalue weighted by molar-refractivity contribution is 7.09. The van der Waals surface area contributed by atoms with Crippen molar-refractivity contribution in [3.8, 4) is 0 Å². The molecule has 0 radical (unpaired) electrons. The summed E-state index contributed by atoms with van der Waals surface area (Å²) in [4.78, 5) is 27.1. The van der Waals surface area contributed by atoms with Crippen molar-refractivity contribution in [2.45, 2.75) is 31.8 Å². The Bertz CT molecular complexity index is 730. The lowest BCUT2D eigenvalue weighted by Gasteiger charge is -2.32. The van der Waals surface area contributed by atoms with E-state index in [0.717, 1.165) is 24.1 Å². The van der Waals surface area contributed by atoms with Gasteiger partial charge in [-0.1, -0.05) is 30.3 Å². The molecule has 25 heavy (non-hydrogen) atoms. The number of aryl methyl sites for hydroxylation is 1. The van der Waals surface area contributed by atoms with Crippen molar-refractivity contribution < 1.29 is 9.59 Å². The Morgan fingerprint density at radius 2 is 2.08 bits per heavy atom. The first-order valence-electron chi connectivity index (χ1n) is 8.51. The van der Waals surface area contributed by atoms with Crippen molar-refractivity contribution in [1.82, 2.24) is 15.5 Å². The SMILES string of the molecule is CN(CC(=O)NC(=O)NCc1cccs1)[C@@H]1CCCc2ccccc21. The van der Waals surface area contributed by atoms with Crippen LogP contribution in [0.1, 0.15) is 34.9 Å². The summed E-state index contributed by atoms with van der Waals surface area (Å²) in [6, 6.07) is 12.1. The number of nitrogens with zero attached hydrogens (tertiary/aromatic N) is 1. The van der Waals surface area contributed by atoms with Gasteiger partial charge in [-0.3, -0.25) is 15.0 Å². The van der Waals surface area contributed by atoms with Crippen LogP contribution in [0.3, 0.4) is 0 Å². The molecular weight excluding hydrogens is 334 g/mol. The predicted molar refractivity (Wildman–Crippen MR) is 99.4 cm³/mol. The van der Waals surface area contributed by atoms with Gasteiger partial charge in [-0.25, -0.2) is 4.79 Å². The summed E-state index contributed by atoms with van der Waals surface area (Å²) in [6.07, 6.45) is 3.25. The summed E-state index contributed by atoms with van der Waals surface area (Å²) in [5, 5.41) is 7.07. The molecule has 0 bridgehead atoms. The lowest BCUT2D eigenvalue weighted by atomic mass is 9.87. The minimum absolute atomic E-state index is 0.200. The Morgan fingerprint density at radius 3 is 2.88 bits per heavy atom. The first-order valence-corrected chi connectivity index (χ1v) is 9.39. The van der Waals surface area contributed by atoms with Gasteiger partial charge in [0.25, 0.3) is 0 Å². The highest BCUT2D eigenvalue weighted by Crippen LogP contribution is 2.33. The van der Waals surface area contributed by atoms with Gasteiger partial charge in [0, 0.05) is 10.9 Å². The number of imide groups is 1. The largest absolute Gasteiger partial charge is 0.333 e. The van der Waals surface area contributed by atoms with Crippen LogP contribution in [0.4, 0.5) is 4.79 Å². The average molecular weight is 357 g/mol. The van der Waals surface area contributed by atoms with E-state index in [2.05, 4.69) is 28.8 Å². The molecule has 1 aromatic carbocycles. The lowest BCUT2D eigenvalue weighted by molar-refractivity contribution is -0.121. The molecule has 0 fully saturated rings. The van der Waals surface area contributed by atoms with Crippen LogP contribution in [-0.4, -0.2) is 30.4 Å². The van der Waals surface area contributed by atoms with Gasteiger partial charge in [0.05, 0.1) is 13.1 Å². The zero-order valence-electron chi connectivity index (χ0n) is 14.3. The summed E-state index contributed by atoms with van der Waals surface area (Å²) >= 11 is 1.57. The maximum atomic E-state index is 12.2. The van der Waals surface area contributed by atoms with E-state index < -0.39 is 6.03 Å². The number of hydrogen-bond acceptors (Lipinski definition) is 4. The number of urea groups is 1. The maximum absolute atomic E-state index is 12.2. The second-order valence-electron chi connectivity index (χ2n) is 6.33. The Labute approximate surface area is 152 Å². The first kappa shape index (κ1) is 17.6. The third kappa shape index (κ3) is 4.67. The molecule has 0 saturated carbocycles. The molecule has 0 unspecified atom stereocenters. The van der Waals surface area contributed by atoms with Crippen LogP contribution >= 0.6 is 11.3 Å². The number of fused-ring (bicyclic) bond motifs is 1. The van der Waals surface area contributed by atoms with Crippen LogP contribution in [-0.2, 0) is 17.8 Å². The van der Waals surface area contributed by atoms with Crippen LogP contribution in [0.5, 0.6) is 0 Å². The second-order valence-corrected chi connectivity index (χ2v) is 7.36. The van der Waals surface area contributed by atoms with Gasteiger partial charge < -0.3 is 5.32 Å². The number of amides is 3. The van der Waals surface area contributed by atoms with E-state index in [1.807, 2.05) is 35.5 Å². The van der Waals surface area contributed by atoms with Crippen LogP contribution in [0, 0.1) is 0 Å². The summed E-state index contributed by atoms with van der Waals surface area (Å²) in [5.74, 6) is -0.283. The van der Waals surface area contributed by atoms with E-state index in [9.17, 15) is 9.59 Å². The van der Waals surface area contributed by atoms with Crippen LogP contribution < -0.4 is 10.6 Å². The summed E-state index contributed by atoms with van der Waals surface area (Å²) < 4.78 is 0. The number of nitrogens with one attached hydrogen (secondary N) is 2. The summed E-state index contributed by atoms with van der Waals surface area (Å²) in [6.45, 7) is 0.633. The van der Waals surface area contributed by atoms with Gasteiger partial charge in [-0.15, -0.1) is 11.3 Å². The molecule has 1 aliphatic rings. The number of thiophene rings is 1. The van der Waals surface area contributed by atoms with Gasteiger partial charge in [-0.2, -0.15) is 0 Å². The van der Waals surface area contributed by atoms with Gasteiger partial charge in [0.15, 0.2) is 0 Å². The molecule has 0 aliphatic heterocycles. The third-order valence-corrected chi connectivity index (χ3v) is 5.40. The van der Waals surface area contributed by atoms with Crippen molar-refractivity contribution in [3.05, 3.63) is 57.8 Å². The Hall–Kier alpha value is -2.18. The molecule has 0 saturated heterocycles. The molecule has 132 valence electrons. The molecule has 1 aromatic heterocycles. The monoisotopic (exact) mass is 357 g/mol. The van der Waals surface area contributed by atoms with Crippen molar-refractivity contribution in [2.24, 2.45) is 0 Å². The average Bonchev–Trinajstić information content (AvgIpc) is 3.13. The molecule has 5 nitrogen and oxygen atoms in total. The minimum Gasteiger partial charge on any atom is -0.333 e. The summed E-state index contributed by atoms with van der Waals surface area (Å²) in [7, 11) is 1.94. The Morgan fingerprint density at radius 1 is 1.24 bits per heavy atom. The molecule has 2 aromatic rings. The van der Waals surface area contributed by atoms with E-state index in [-0.39, 0.29) is 18.5 Å². The molecule has 3 amide bonds. The number of benzene rings is 1. The van der Waals surface area contributed by atoms with E-state index in [4.69, 9.17) is 0 Å². The normalized spacial score (nSPS) is 16.3. The van der Waals surface area contributed by atoms with E-state index in [0.29, 0.717) is 6.54 Å². The first-order chi connectivity index (χ1) is 12.1. The van der Waals surface area contributed by atoms with E-state index in [1.165, 1.54) is 11.1 Å². The summed E-state index contributed by atoms with van der Waals surface area (Å²) in [5.41, 5.74) is 2.66. The van der Waals surface area contributed by atoms with Crippen LogP contribution in [0.25, 0.3) is 0 Å². The smallest absolute Gasteiger partial charge is 0.321 e. The molecule has 1 atom stereocenters. The lowest BCUT2D eigenvalue weighted by Crippen LogP contribution is -2.44. The molecular formula is C19H23N3O2S. The number of rotatable bonds is 5. The van der Waals surface area contributed by atoms with Crippen LogP contribution in [0.15, 0.2) is 41.8 Å². The Balaban J connectivity index is 1.50. The van der Waals surface area contributed by atoms with Gasteiger partial charge in [0.1, 0.15) is 0 Å². The van der Waals surface area contributed by atoms with Gasteiger partial charge in [-0.05, 0) is 48.9 Å². The topological polar surface area (TPSA) is 61.4 Å². The van der Waals surface area contributed by atoms with Crippen LogP contribution in [0.2, 0.25) is 0 Å². The van der Waals surface area contributed by atoms with Crippen molar-refractivity contribution in [1.29, 1.82) is 0 Å². The standard InChI is InChI=1S/C19H23N3O2S/c1-22(17-10-4-7-14-6-2-3-9-16(14)17)13-18(23)21-19(24)20-12-15-8-5-11-25-15/h2-3,5-6,8-9,11,17H,4,7,10,12-13H2,1H3,(H2,20,21,23,24)/t17-/m1/s1. The number of carbonyl (C=O) groups is 2. The predicted octanol–water partition coefficient (Wildman–Crippen LogP) is 3.08. The third-order valence-electron chi connectivity index (χ3n) is 4.52. The molecule has 6 heteroatoms. The molecule has 1 heterocycles. The van der Waals surface area contributed by atoms with E-state index >= 15 is 0 Å². The number of likely N-dealkylation sites (N-methyl/N-ethyl adjacent to an activating group) is 1. The fourth-order valence-electron chi connectivity index (χ4n) is 3.31. The zero-order valence-corrected chi connectivity index (χ0v) is 15.1. The minimum atomic E-state index is -0.448. The molecule has 1 aliphatic carbocycles. The fraction of sp³-hybridized carbons (Fsp3) is 0.368. The molecule has 3 rings (SSSR count). The fourth-order valence-corrected chi connectivity index (χ4v) is 3.96. The van der Waals surface area contributed by atoms with Crippen molar-refractivity contribution >= 4 is 23.3 Å². The molecule has 0 spiro atoms. The highest BCUT2D eigenvalue weighted by atomic mass is 32.1. The zero-order chi connectivity index (χ0) is 17.6. The highest BCUT2D eigenvalue weighted by Gasteiger charge is 2.24. The van der Waals surface area contributed by atoms with Crippen molar-refractivity contribution in [2.75, 3.05) is 13.6 Å². The van der Waals surface area contributed by atoms with E-state index in [1.54, 1.807) is 11.3 Å². The Kier molecular flexibility index (Phi) is 5.83. The van der Waals surface area contributed by atoms with Crippen molar-refractivity contribution in [3.63, 3.8) is 0 Å². The number of carbonyl (C=O) groups excluding carboxylic acids is 2. The maximum Gasteiger partial charge on any atom is 0.321 e. The molecule has 2 N–H and O–H groups in total. The van der Waals surface area contributed by atoms with Gasteiger partial charge >= 0.3 is 6.03 Å². The quantitative estimate of drug-likeness (QED) is 0.864.